The number of nitrogens with zero attached hydrogens (tertiary/aromatic N) is 2. The molecule has 0 aliphatic rings. The van der Waals surface area contributed by atoms with Crippen LogP contribution >= 0.6 is 0 Å². The number of unbranched alkanes of at least 4 members (excludes halogenated alkanes) is 2. The summed E-state index contributed by atoms with van der Waals surface area (Å²) in [4.78, 5) is 18.1. The summed E-state index contributed by atoms with van der Waals surface area (Å²) in [7, 11) is 0. The molecule has 0 saturated carbocycles. The predicted octanol–water partition coefficient (Wildman–Crippen LogP) is 6.01. The minimum Gasteiger partial charge on any atom is -0.477 e. The number of aromatic carboxylic acids is 1. The molecular formula is C23H40N2O2. The fourth-order valence-corrected chi connectivity index (χ4v) is 3.68. The topological polar surface area (TPSA) is 53.4 Å². The molecule has 2 atom stereocenters. The van der Waals surface area contributed by atoms with E-state index in [2.05, 4.69) is 37.6 Å². The fourth-order valence-electron chi connectivity index (χ4n) is 3.68. The van der Waals surface area contributed by atoms with Gasteiger partial charge in [0, 0.05) is 19.6 Å². The van der Waals surface area contributed by atoms with Crippen molar-refractivity contribution in [2.24, 2.45) is 11.8 Å². The normalized spacial score (nSPS) is 13.7. The summed E-state index contributed by atoms with van der Waals surface area (Å²) in [5, 5.41) is 9.23. The maximum Gasteiger partial charge on any atom is 0.354 e. The zero-order valence-electron chi connectivity index (χ0n) is 17.9. The van der Waals surface area contributed by atoms with Gasteiger partial charge in [-0.1, -0.05) is 72.3 Å². The maximum absolute atomic E-state index is 11.2. The standard InChI is InChI=1S/C23H40N2O2/c1-5-9-12-19(7-3)16-25(17-20(8-4)13-10-6-2)18-21-14-11-15-22(24-21)23(26)27/h11,14-15,19-20H,5-10,12-13,16-18H2,1-4H3,(H,26,27). The molecule has 0 saturated heterocycles. The smallest absolute Gasteiger partial charge is 0.354 e. The number of aromatic nitrogens is 1. The SMILES string of the molecule is CCCCC(CC)CN(Cc1cccc(C(=O)O)n1)CC(CC)CCCC. The van der Waals surface area contributed by atoms with Crippen molar-refractivity contribution in [3.8, 4) is 0 Å². The van der Waals surface area contributed by atoms with Crippen molar-refractivity contribution in [1.29, 1.82) is 0 Å². The molecule has 1 N–H and O–H groups in total. The highest BCUT2D eigenvalue weighted by Crippen LogP contribution is 2.20. The van der Waals surface area contributed by atoms with Crippen LogP contribution in [-0.2, 0) is 6.54 Å². The van der Waals surface area contributed by atoms with Crippen LogP contribution in [0.5, 0.6) is 0 Å². The van der Waals surface area contributed by atoms with Gasteiger partial charge < -0.3 is 5.11 Å². The minimum absolute atomic E-state index is 0.142. The van der Waals surface area contributed by atoms with Crippen molar-refractivity contribution in [2.75, 3.05) is 13.1 Å². The summed E-state index contributed by atoms with van der Waals surface area (Å²) in [5.41, 5.74) is 1.01. The average molecular weight is 377 g/mol. The van der Waals surface area contributed by atoms with Gasteiger partial charge in [0.2, 0.25) is 0 Å². The van der Waals surface area contributed by atoms with E-state index in [-0.39, 0.29) is 5.69 Å². The highest BCUT2D eigenvalue weighted by Gasteiger charge is 2.18. The van der Waals surface area contributed by atoms with Gasteiger partial charge in [-0.05, 0) is 36.8 Å². The molecule has 0 spiro atoms. The summed E-state index contributed by atoms with van der Waals surface area (Å²) < 4.78 is 0. The molecule has 1 rings (SSSR count). The lowest BCUT2D eigenvalue weighted by molar-refractivity contribution is 0.0689. The van der Waals surface area contributed by atoms with E-state index in [1.54, 1.807) is 6.07 Å². The number of rotatable bonds is 15. The van der Waals surface area contributed by atoms with Crippen molar-refractivity contribution >= 4 is 5.97 Å². The third-order valence-corrected chi connectivity index (χ3v) is 5.53. The summed E-state index contributed by atoms with van der Waals surface area (Å²) in [5.74, 6) is 0.458. The molecule has 0 radical (unpaired) electrons. The quantitative estimate of drug-likeness (QED) is 0.407. The molecule has 0 bridgehead atoms. The lowest BCUT2D eigenvalue weighted by atomic mass is 9.95. The molecule has 4 heteroatoms. The van der Waals surface area contributed by atoms with E-state index in [4.69, 9.17) is 0 Å². The molecule has 154 valence electrons. The zero-order chi connectivity index (χ0) is 20.1. The molecule has 0 aliphatic heterocycles. The van der Waals surface area contributed by atoms with Crippen LogP contribution in [0.3, 0.4) is 0 Å². The van der Waals surface area contributed by atoms with Crippen LogP contribution in [0.25, 0.3) is 0 Å². The van der Waals surface area contributed by atoms with Crippen LogP contribution < -0.4 is 0 Å². The van der Waals surface area contributed by atoms with Gasteiger partial charge >= 0.3 is 5.97 Å². The Morgan fingerprint density at radius 1 is 1.00 bits per heavy atom. The second-order valence-corrected chi connectivity index (χ2v) is 7.85. The second-order valence-electron chi connectivity index (χ2n) is 7.85. The Labute approximate surface area is 166 Å². The van der Waals surface area contributed by atoms with E-state index in [9.17, 15) is 9.90 Å². The summed E-state index contributed by atoms with van der Waals surface area (Å²) in [6.07, 6.45) is 10.0. The Morgan fingerprint density at radius 2 is 1.56 bits per heavy atom. The first kappa shape index (κ1) is 23.6. The van der Waals surface area contributed by atoms with Gasteiger partial charge in [-0.2, -0.15) is 0 Å². The first-order valence-corrected chi connectivity index (χ1v) is 10.9. The molecule has 0 amide bonds. The van der Waals surface area contributed by atoms with Crippen LogP contribution in [0.2, 0.25) is 0 Å². The van der Waals surface area contributed by atoms with E-state index in [0.717, 1.165) is 25.3 Å². The molecule has 0 aliphatic carbocycles. The van der Waals surface area contributed by atoms with Gasteiger partial charge in [0.15, 0.2) is 0 Å². The highest BCUT2D eigenvalue weighted by atomic mass is 16.4. The summed E-state index contributed by atoms with van der Waals surface area (Å²) >= 11 is 0. The van der Waals surface area contributed by atoms with Gasteiger partial charge in [0.05, 0.1) is 5.69 Å². The Hall–Kier alpha value is -1.42. The summed E-state index contributed by atoms with van der Waals surface area (Å²) in [6.45, 7) is 12.0. The molecule has 1 aromatic heterocycles. The largest absolute Gasteiger partial charge is 0.477 e. The lowest BCUT2D eigenvalue weighted by Gasteiger charge is -2.30. The zero-order valence-corrected chi connectivity index (χ0v) is 17.9. The third kappa shape index (κ3) is 9.37. The fraction of sp³-hybridized carbons (Fsp3) is 0.739. The number of hydrogen-bond acceptors (Lipinski definition) is 3. The van der Waals surface area contributed by atoms with Gasteiger partial charge in [-0.15, -0.1) is 0 Å². The van der Waals surface area contributed by atoms with Crippen molar-refractivity contribution in [3.63, 3.8) is 0 Å². The van der Waals surface area contributed by atoms with Crippen LogP contribution in [0.15, 0.2) is 18.2 Å². The third-order valence-electron chi connectivity index (χ3n) is 5.53. The van der Waals surface area contributed by atoms with Crippen molar-refractivity contribution < 1.29 is 9.90 Å². The number of carboxylic acid groups (broad SMARTS) is 1. The van der Waals surface area contributed by atoms with E-state index in [1.807, 2.05) is 12.1 Å². The number of hydrogen-bond donors (Lipinski definition) is 1. The van der Waals surface area contributed by atoms with E-state index < -0.39 is 5.97 Å². The Bertz CT molecular complexity index is 515. The maximum atomic E-state index is 11.2. The van der Waals surface area contributed by atoms with Gasteiger partial charge in [-0.3, -0.25) is 4.90 Å². The second kappa shape index (κ2) is 13.7. The molecule has 1 aromatic rings. The van der Waals surface area contributed by atoms with Gasteiger partial charge in [-0.25, -0.2) is 9.78 Å². The van der Waals surface area contributed by atoms with Crippen LogP contribution in [0, 0.1) is 11.8 Å². The first-order chi connectivity index (χ1) is 13.0. The Kier molecular flexibility index (Phi) is 12.0. The van der Waals surface area contributed by atoms with Crippen LogP contribution in [-0.4, -0.2) is 34.0 Å². The minimum atomic E-state index is -0.952. The lowest BCUT2D eigenvalue weighted by Crippen LogP contribution is -2.34. The molecule has 27 heavy (non-hydrogen) atoms. The van der Waals surface area contributed by atoms with Crippen molar-refractivity contribution in [3.05, 3.63) is 29.6 Å². The van der Waals surface area contributed by atoms with Crippen LogP contribution in [0.1, 0.15) is 95.2 Å². The van der Waals surface area contributed by atoms with Crippen molar-refractivity contribution in [1.82, 2.24) is 9.88 Å². The first-order valence-electron chi connectivity index (χ1n) is 10.9. The highest BCUT2D eigenvalue weighted by molar-refractivity contribution is 5.85. The Balaban J connectivity index is 2.87. The van der Waals surface area contributed by atoms with E-state index in [1.165, 1.54) is 51.4 Å². The average Bonchev–Trinajstić information content (AvgIpc) is 2.68. The molecular weight excluding hydrogens is 336 g/mol. The number of carboxylic acids is 1. The van der Waals surface area contributed by atoms with Crippen molar-refractivity contribution in [2.45, 2.75) is 85.6 Å². The molecule has 2 unspecified atom stereocenters. The predicted molar refractivity (Wildman–Crippen MR) is 113 cm³/mol. The van der Waals surface area contributed by atoms with E-state index >= 15 is 0 Å². The summed E-state index contributed by atoms with van der Waals surface area (Å²) in [6, 6.07) is 5.34. The number of carbonyl (C=O) groups is 1. The number of pyridine rings is 1. The molecule has 0 fully saturated rings. The molecule has 4 nitrogen and oxygen atoms in total. The Morgan fingerprint density at radius 3 is 2.00 bits per heavy atom. The monoisotopic (exact) mass is 376 g/mol. The molecule has 1 heterocycles. The van der Waals surface area contributed by atoms with Gasteiger partial charge in [0.1, 0.15) is 5.69 Å². The van der Waals surface area contributed by atoms with Gasteiger partial charge in [0.25, 0.3) is 0 Å². The molecule has 0 aromatic carbocycles. The van der Waals surface area contributed by atoms with Crippen LogP contribution in [0.4, 0.5) is 0 Å². The van der Waals surface area contributed by atoms with E-state index in [0.29, 0.717) is 11.8 Å².